The minimum atomic E-state index is -3.61. The molecular formula is C26H32N2O3S. The van der Waals surface area contributed by atoms with Crippen molar-refractivity contribution in [3.8, 4) is 0 Å². The number of nitrogens with one attached hydrogen (secondary N) is 1. The number of hydrogen-bond acceptors (Lipinski definition) is 3. The highest BCUT2D eigenvalue weighted by molar-refractivity contribution is 7.92. The lowest BCUT2D eigenvalue weighted by Gasteiger charge is -2.54. The zero-order valence-corrected chi connectivity index (χ0v) is 19.6. The van der Waals surface area contributed by atoms with Crippen molar-refractivity contribution >= 4 is 27.3 Å². The van der Waals surface area contributed by atoms with Crippen LogP contribution in [-0.2, 0) is 14.8 Å². The lowest BCUT2D eigenvalue weighted by Crippen LogP contribution is -2.45. The molecule has 0 aromatic heterocycles. The summed E-state index contributed by atoms with van der Waals surface area (Å²) in [5, 5.41) is 2.91. The maximum absolute atomic E-state index is 12.9. The third kappa shape index (κ3) is 4.05. The van der Waals surface area contributed by atoms with E-state index in [1.807, 2.05) is 18.2 Å². The van der Waals surface area contributed by atoms with Crippen LogP contribution in [0.5, 0.6) is 0 Å². The second-order valence-corrected chi connectivity index (χ2v) is 12.0. The van der Waals surface area contributed by atoms with Crippen LogP contribution in [0.25, 0.3) is 0 Å². The molecule has 170 valence electrons. The third-order valence-electron chi connectivity index (χ3n) is 7.89. The summed E-state index contributed by atoms with van der Waals surface area (Å²) < 4.78 is 26.0. The number of sulfonamides is 1. The minimum absolute atomic E-state index is 0.346. The first-order valence-electron chi connectivity index (χ1n) is 11.7. The van der Waals surface area contributed by atoms with Crippen LogP contribution in [-0.4, -0.2) is 26.6 Å². The Morgan fingerprint density at radius 1 is 0.906 bits per heavy atom. The molecule has 0 radical (unpaired) electrons. The highest BCUT2D eigenvalue weighted by atomic mass is 32.2. The SMILES string of the molecule is CC(C(=O)Nc1ccc(C2C3CC4CC(C3)CC2C4)cc1)N(c1ccccc1)S(C)(=O)=O. The number of amides is 1. The van der Waals surface area contributed by atoms with Gasteiger partial charge in [0.05, 0.1) is 11.9 Å². The lowest BCUT2D eigenvalue weighted by molar-refractivity contribution is -0.116. The average molecular weight is 453 g/mol. The Morgan fingerprint density at radius 2 is 1.47 bits per heavy atom. The predicted octanol–water partition coefficient (Wildman–Crippen LogP) is 5.02. The van der Waals surface area contributed by atoms with Crippen molar-refractivity contribution < 1.29 is 13.2 Å². The van der Waals surface area contributed by atoms with E-state index in [1.54, 1.807) is 31.2 Å². The fourth-order valence-electron chi connectivity index (χ4n) is 6.89. The number of anilines is 2. The number of para-hydroxylation sites is 1. The molecule has 4 bridgehead atoms. The van der Waals surface area contributed by atoms with E-state index in [1.165, 1.54) is 42.0 Å². The Bertz CT molecular complexity index is 1050. The lowest BCUT2D eigenvalue weighted by atomic mass is 9.51. The van der Waals surface area contributed by atoms with E-state index in [4.69, 9.17) is 0 Å². The Morgan fingerprint density at radius 3 is 2.00 bits per heavy atom. The molecule has 0 heterocycles. The van der Waals surface area contributed by atoms with Gasteiger partial charge in [-0.25, -0.2) is 8.42 Å². The van der Waals surface area contributed by atoms with Crippen molar-refractivity contribution in [2.24, 2.45) is 23.7 Å². The predicted molar refractivity (Wildman–Crippen MR) is 128 cm³/mol. The highest BCUT2D eigenvalue weighted by Crippen LogP contribution is 2.59. The topological polar surface area (TPSA) is 66.5 Å². The van der Waals surface area contributed by atoms with Crippen molar-refractivity contribution in [3.63, 3.8) is 0 Å². The molecule has 1 amide bonds. The molecule has 6 rings (SSSR count). The Hall–Kier alpha value is -2.34. The monoisotopic (exact) mass is 452 g/mol. The molecule has 0 saturated heterocycles. The van der Waals surface area contributed by atoms with Crippen LogP contribution in [0.4, 0.5) is 11.4 Å². The van der Waals surface area contributed by atoms with Gasteiger partial charge in [0, 0.05) is 5.69 Å². The molecule has 1 atom stereocenters. The quantitative estimate of drug-likeness (QED) is 0.669. The zero-order valence-electron chi connectivity index (χ0n) is 18.8. The first-order valence-corrected chi connectivity index (χ1v) is 13.6. The molecule has 6 heteroatoms. The minimum Gasteiger partial charge on any atom is -0.324 e. The normalized spacial score (nSPS) is 29.5. The van der Waals surface area contributed by atoms with Crippen LogP contribution in [0.15, 0.2) is 54.6 Å². The summed E-state index contributed by atoms with van der Waals surface area (Å²) in [6, 6.07) is 16.2. The number of benzene rings is 2. The van der Waals surface area contributed by atoms with Gasteiger partial charge in [-0.3, -0.25) is 9.10 Å². The van der Waals surface area contributed by atoms with E-state index in [2.05, 4.69) is 17.4 Å². The van der Waals surface area contributed by atoms with Crippen molar-refractivity contribution in [2.45, 2.75) is 51.0 Å². The largest absolute Gasteiger partial charge is 0.324 e. The summed E-state index contributed by atoms with van der Waals surface area (Å²) in [4.78, 5) is 12.9. The van der Waals surface area contributed by atoms with Crippen LogP contribution in [0, 0.1) is 23.7 Å². The van der Waals surface area contributed by atoms with E-state index in [0.29, 0.717) is 17.3 Å². The second kappa shape index (κ2) is 8.22. The second-order valence-electron chi connectivity index (χ2n) is 10.1. The van der Waals surface area contributed by atoms with Crippen LogP contribution >= 0.6 is 0 Å². The molecule has 4 saturated carbocycles. The Balaban J connectivity index is 1.29. The van der Waals surface area contributed by atoms with Gasteiger partial charge in [-0.1, -0.05) is 30.3 Å². The van der Waals surface area contributed by atoms with E-state index in [9.17, 15) is 13.2 Å². The van der Waals surface area contributed by atoms with Crippen molar-refractivity contribution in [1.82, 2.24) is 0 Å². The van der Waals surface area contributed by atoms with Crippen LogP contribution in [0.1, 0.15) is 50.5 Å². The van der Waals surface area contributed by atoms with Gasteiger partial charge in [0.1, 0.15) is 6.04 Å². The molecule has 0 aliphatic heterocycles. The van der Waals surface area contributed by atoms with Gasteiger partial charge >= 0.3 is 0 Å². The molecular weight excluding hydrogens is 420 g/mol. The maximum Gasteiger partial charge on any atom is 0.247 e. The molecule has 1 N–H and O–H groups in total. The van der Waals surface area contributed by atoms with E-state index in [-0.39, 0.29) is 5.91 Å². The number of hydrogen-bond donors (Lipinski definition) is 1. The van der Waals surface area contributed by atoms with Gasteiger partial charge < -0.3 is 5.32 Å². The van der Waals surface area contributed by atoms with Gasteiger partial charge in [-0.2, -0.15) is 0 Å². The summed E-state index contributed by atoms with van der Waals surface area (Å²) in [6.07, 6.45) is 8.12. The van der Waals surface area contributed by atoms with Crippen LogP contribution in [0.2, 0.25) is 0 Å². The van der Waals surface area contributed by atoms with Gasteiger partial charge in [-0.05, 0) is 98.4 Å². The summed E-state index contributed by atoms with van der Waals surface area (Å²) in [6.45, 7) is 1.62. The van der Waals surface area contributed by atoms with E-state index in [0.717, 1.165) is 29.9 Å². The molecule has 1 unspecified atom stereocenters. The van der Waals surface area contributed by atoms with Gasteiger partial charge in [-0.15, -0.1) is 0 Å². The number of carbonyl (C=O) groups is 1. The first-order chi connectivity index (χ1) is 15.3. The zero-order chi connectivity index (χ0) is 22.5. The fourth-order valence-corrected chi connectivity index (χ4v) is 8.06. The molecule has 5 nitrogen and oxygen atoms in total. The fraction of sp³-hybridized carbons (Fsp3) is 0.500. The van der Waals surface area contributed by atoms with Crippen molar-refractivity contribution in [3.05, 3.63) is 60.2 Å². The van der Waals surface area contributed by atoms with Crippen LogP contribution < -0.4 is 9.62 Å². The standard InChI is InChI=1S/C26H32N2O3S/c1-17(28(32(2,30)31)24-6-4-3-5-7-24)26(29)27-23-10-8-20(9-11-23)25-21-13-18-12-19(15-21)16-22(25)14-18/h3-11,17-19,21-22,25H,12-16H2,1-2H3,(H,27,29). The summed E-state index contributed by atoms with van der Waals surface area (Å²) in [5.41, 5.74) is 2.58. The summed E-state index contributed by atoms with van der Waals surface area (Å²) in [5.74, 6) is 3.86. The molecule has 2 aromatic carbocycles. The summed E-state index contributed by atoms with van der Waals surface area (Å²) in [7, 11) is -3.61. The first kappa shape index (κ1) is 21.5. The molecule has 4 fully saturated rings. The smallest absolute Gasteiger partial charge is 0.247 e. The van der Waals surface area contributed by atoms with Gasteiger partial charge in [0.2, 0.25) is 15.9 Å². The maximum atomic E-state index is 12.9. The number of rotatable bonds is 6. The molecule has 2 aromatic rings. The molecule has 4 aliphatic rings. The van der Waals surface area contributed by atoms with Crippen LogP contribution in [0.3, 0.4) is 0 Å². The number of nitrogens with zero attached hydrogens (tertiary/aromatic N) is 1. The molecule has 4 aliphatic carbocycles. The third-order valence-corrected chi connectivity index (χ3v) is 9.13. The van der Waals surface area contributed by atoms with E-state index < -0.39 is 16.1 Å². The Labute approximate surface area is 191 Å². The molecule has 32 heavy (non-hydrogen) atoms. The van der Waals surface area contributed by atoms with Gasteiger partial charge in [0.25, 0.3) is 0 Å². The molecule has 0 spiro atoms. The van der Waals surface area contributed by atoms with E-state index >= 15 is 0 Å². The van der Waals surface area contributed by atoms with Crippen molar-refractivity contribution in [2.75, 3.05) is 15.9 Å². The van der Waals surface area contributed by atoms with Crippen molar-refractivity contribution in [1.29, 1.82) is 0 Å². The number of carbonyl (C=O) groups excluding carboxylic acids is 1. The van der Waals surface area contributed by atoms with Gasteiger partial charge in [0.15, 0.2) is 0 Å². The highest BCUT2D eigenvalue weighted by Gasteiger charge is 2.48. The average Bonchev–Trinajstić information content (AvgIpc) is 2.74. The Kier molecular flexibility index (Phi) is 5.52. The summed E-state index contributed by atoms with van der Waals surface area (Å²) >= 11 is 0.